The fourth-order valence-electron chi connectivity index (χ4n) is 8.80. The minimum Gasteiger partial charge on any atom is -0.543 e. The predicted octanol–water partition coefficient (Wildman–Crippen LogP) is 12.8. The Balaban J connectivity index is 2.13. The first-order valence-electron chi connectivity index (χ1n) is 19.0. The zero-order valence-corrected chi connectivity index (χ0v) is 32.7. The minimum atomic E-state index is -1.93. The van der Waals surface area contributed by atoms with Crippen molar-refractivity contribution < 1.29 is 13.6 Å². The van der Waals surface area contributed by atoms with Crippen LogP contribution in [-0.2, 0) is 10.8 Å². The second-order valence-electron chi connectivity index (χ2n) is 15.0. The van der Waals surface area contributed by atoms with Gasteiger partial charge in [-0.2, -0.15) is 0 Å². The smallest absolute Gasteiger partial charge is 0.251 e. The van der Waals surface area contributed by atoms with E-state index >= 15 is 0 Å². The van der Waals surface area contributed by atoms with Crippen LogP contribution < -0.4 is 9.16 Å². The van der Waals surface area contributed by atoms with Crippen molar-refractivity contribution in [3.05, 3.63) is 34.9 Å². The number of hydrogen-bond acceptors (Lipinski definition) is 3. The Hall–Kier alpha value is -1.05. The molecule has 0 radical (unpaired) electrons. The van der Waals surface area contributed by atoms with E-state index in [0.717, 1.165) is 24.3 Å². The number of hydrogen-bond donors (Lipinski definition) is 0. The molecule has 0 fully saturated rings. The normalized spacial score (nSPS) is 21.3. The highest BCUT2D eigenvalue weighted by Crippen LogP contribution is 2.55. The first-order valence-corrected chi connectivity index (χ1v) is 24.0. The fourth-order valence-corrected chi connectivity index (χ4v) is 17.9. The maximum absolute atomic E-state index is 7.53. The van der Waals surface area contributed by atoms with Crippen molar-refractivity contribution in [1.29, 1.82) is 0 Å². The van der Waals surface area contributed by atoms with Crippen molar-refractivity contribution >= 4 is 16.6 Å². The van der Waals surface area contributed by atoms with Gasteiger partial charge in [0.15, 0.2) is 8.32 Å². The average molecular weight is 643 g/mol. The van der Waals surface area contributed by atoms with E-state index in [9.17, 15) is 0 Å². The molecule has 252 valence electrons. The van der Waals surface area contributed by atoms with Crippen LogP contribution in [0.15, 0.2) is 23.8 Å². The highest BCUT2D eigenvalue weighted by atomic mass is 28.4. The SMILES string of the molecule is CCCCCc1cc2c(c(O[Si](CCC)(CCC)CCC)c1)C1C=C(C)C(O[Si](CCC)(CCC)CCC)CC1C(C)(C)O2. The number of fused-ring (bicyclic) bond motifs is 3. The van der Waals surface area contributed by atoms with Gasteiger partial charge in [0.05, 0.1) is 6.10 Å². The summed E-state index contributed by atoms with van der Waals surface area (Å²) in [6, 6.07) is 12.4. The van der Waals surface area contributed by atoms with Gasteiger partial charge in [-0.15, -0.1) is 0 Å². The number of benzene rings is 1. The molecule has 1 aromatic carbocycles. The van der Waals surface area contributed by atoms with Crippen LogP contribution in [0.5, 0.6) is 11.5 Å². The topological polar surface area (TPSA) is 27.7 Å². The van der Waals surface area contributed by atoms with Crippen LogP contribution in [0.1, 0.15) is 150 Å². The third-order valence-corrected chi connectivity index (χ3v) is 20.5. The summed E-state index contributed by atoms with van der Waals surface area (Å²) in [5.41, 5.74) is 3.91. The molecule has 1 aliphatic heterocycles. The van der Waals surface area contributed by atoms with Crippen LogP contribution in [0, 0.1) is 5.92 Å². The van der Waals surface area contributed by atoms with Crippen molar-refractivity contribution in [2.24, 2.45) is 5.92 Å². The molecule has 1 aromatic rings. The lowest BCUT2D eigenvalue weighted by atomic mass is 9.67. The minimum absolute atomic E-state index is 0.211. The Morgan fingerprint density at radius 2 is 1.30 bits per heavy atom. The Morgan fingerprint density at radius 1 is 0.750 bits per heavy atom. The third kappa shape index (κ3) is 9.06. The van der Waals surface area contributed by atoms with Gasteiger partial charge in [-0.25, -0.2) is 0 Å². The number of allylic oxidation sites excluding steroid dienone is 1. The molecule has 3 rings (SSSR count). The number of aryl methyl sites for hydroxylation is 1. The van der Waals surface area contributed by atoms with Gasteiger partial charge in [0.2, 0.25) is 0 Å². The quantitative estimate of drug-likeness (QED) is 0.0804. The lowest BCUT2D eigenvalue weighted by Crippen LogP contribution is -2.50. The fraction of sp³-hybridized carbons (Fsp3) is 0.795. The summed E-state index contributed by atoms with van der Waals surface area (Å²) in [6.45, 7) is 23.4. The standard InChI is InChI=1S/C39H70O3Si2/c1-11-18-19-20-32-28-36-38(37(29-32)42-44(24-15-5,25-16-6)26-17-7)33-27-31(8)35(30-34(33)39(9,10)40-36)41-43(21-12-2,22-13-3)23-14-4/h27-29,33-35H,11-26,30H2,1-10H3. The molecule has 1 aliphatic carbocycles. The zero-order chi connectivity index (χ0) is 32.4. The van der Waals surface area contributed by atoms with Crippen molar-refractivity contribution in [1.82, 2.24) is 0 Å². The van der Waals surface area contributed by atoms with E-state index in [4.69, 9.17) is 13.6 Å². The van der Waals surface area contributed by atoms with Crippen molar-refractivity contribution in [2.45, 2.75) is 194 Å². The van der Waals surface area contributed by atoms with Crippen LogP contribution in [0.25, 0.3) is 0 Å². The second-order valence-corrected chi connectivity index (χ2v) is 23.2. The van der Waals surface area contributed by atoms with Crippen LogP contribution in [0.4, 0.5) is 0 Å². The van der Waals surface area contributed by atoms with E-state index in [1.165, 1.54) is 111 Å². The molecule has 44 heavy (non-hydrogen) atoms. The lowest BCUT2D eigenvalue weighted by Gasteiger charge is -2.50. The molecule has 0 aromatic heterocycles. The van der Waals surface area contributed by atoms with Crippen molar-refractivity contribution in [3.63, 3.8) is 0 Å². The van der Waals surface area contributed by atoms with E-state index in [-0.39, 0.29) is 11.7 Å². The predicted molar refractivity (Wildman–Crippen MR) is 197 cm³/mol. The van der Waals surface area contributed by atoms with Crippen LogP contribution >= 0.6 is 0 Å². The van der Waals surface area contributed by atoms with Gasteiger partial charge in [-0.1, -0.05) is 106 Å². The maximum atomic E-state index is 7.53. The summed E-state index contributed by atoms with van der Waals surface area (Å²) in [4.78, 5) is 0. The second kappa shape index (κ2) is 17.2. The molecule has 0 N–H and O–H groups in total. The van der Waals surface area contributed by atoms with E-state index < -0.39 is 16.6 Å². The Kier molecular flexibility index (Phi) is 14.6. The summed E-state index contributed by atoms with van der Waals surface area (Å²) in [5, 5.41) is 0. The molecule has 2 aliphatic rings. The van der Waals surface area contributed by atoms with Gasteiger partial charge in [0.1, 0.15) is 17.1 Å². The van der Waals surface area contributed by atoms with Gasteiger partial charge in [-0.3, -0.25) is 0 Å². The van der Waals surface area contributed by atoms with E-state index in [1.807, 2.05) is 0 Å². The third-order valence-electron chi connectivity index (χ3n) is 10.6. The number of ether oxygens (including phenoxy) is 1. The summed E-state index contributed by atoms with van der Waals surface area (Å²) in [6.07, 6.45) is 16.0. The zero-order valence-electron chi connectivity index (χ0n) is 30.7. The monoisotopic (exact) mass is 642 g/mol. The molecule has 3 unspecified atom stereocenters. The molecule has 0 bridgehead atoms. The first-order chi connectivity index (χ1) is 21.1. The van der Waals surface area contributed by atoms with E-state index in [1.54, 1.807) is 0 Å². The molecule has 3 nitrogen and oxygen atoms in total. The molecular weight excluding hydrogens is 573 g/mol. The highest BCUT2D eigenvalue weighted by molar-refractivity contribution is 6.74. The summed E-state index contributed by atoms with van der Waals surface area (Å²) < 4.78 is 22.0. The molecule has 3 atom stereocenters. The highest BCUT2D eigenvalue weighted by Gasteiger charge is 2.49. The molecule has 0 saturated carbocycles. The van der Waals surface area contributed by atoms with Crippen LogP contribution in [-0.4, -0.2) is 28.3 Å². The Bertz CT molecular complexity index is 1010. The lowest BCUT2D eigenvalue weighted by molar-refractivity contribution is -0.00702. The van der Waals surface area contributed by atoms with E-state index in [0.29, 0.717) is 11.8 Å². The van der Waals surface area contributed by atoms with Gasteiger partial charge in [0.25, 0.3) is 8.32 Å². The number of rotatable bonds is 20. The van der Waals surface area contributed by atoms with Crippen LogP contribution in [0.3, 0.4) is 0 Å². The molecular formula is C39H70O3Si2. The van der Waals surface area contributed by atoms with Crippen molar-refractivity contribution in [2.75, 3.05) is 0 Å². The first kappa shape index (κ1) is 37.4. The van der Waals surface area contributed by atoms with Gasteiger partial charge >= 0.3 is 0 Å². The largest absolute Gasteiger partial charge is 0.543 e. The Labute approximate surface area is 275 Å². The van der Waals surface area contributed by atoms with Gasteiger partial charge < -0.3 is 13.6 Å². The Morgan fingerprint density at radius 3 is 1.82 bits per heavy atom. The van der Waals surface area contributed by atoms with Crippen molar-refractivity contribution in [3.8, 4) is 11.5 Å². The maximum Gasteiger partial charge on any atom is 0.251 e. The molecule has 0 spiro atoms. The number of unbranched alkanes of at least 4 members (excludes halogenated alkanes) is 2. The van der Waals surface area contributed by atoms with Gasteiger partial charge in [0, 0.05) is 17.4 Å². The molecule has 5 heteroatoms. The summed E-state index contributed by atoms with van der Waals surface area (Å²) in [7, 11) is -3.73. The molecule has 0 saturated heterocycles. The van der Waals surface area contributed by atoms with Crippen LogP contribution in [0.2, 0.25) is 36.3 Å². The van der Waals surface area contributed by atoms with Gasteiger partial charge in [-0.05, 0) is 99.6 Å². The van der Waals surface area contributed by atoms with E-state index in [2.05, 4.69) is 87.4 Å². The molecule has 1 heterocycles. The summed E-state index contributed by atoms with van der Waals surface area (Å²) >= 11 is 0. The average Bonchev–Trinajstić information content (AvgIpc) is 2.94. The molecule has 0 amide bonds. The summed E-state index contributed by atoms with van der Waals surface area (Å²) in [5.74, 6) is 2.93.